The molecule has 2 aromatic heterocycles. The van der Waals surface area contributed by atoms with Crippen LogP contribution in [0.3, 0.4) is 0 Å². The Balaban J connectivity index is 1.43. The highest BCUT2D eigenvalue weighted by atomic mass is 16.5. The van der Waals surface area contributed by atoms with E-state index in [1.54, 1.807) is 12.4 Å². The summed E-state index contributed by atoms with van der Waals surface area (Å²) < 4.78 is 7.24. The smallest absolute Gasteiger partial charge is 0.242 e. The summed E-state index contributed by atoms with van der Waals surface area (Å²) in [5.41, 5.74) is 2.71. The number of pyridine rings is 1. The van der Waals surface area contributed by atoms with E-state index in [0.29, 0.717) is 26.3 Å². The van der Waals surface area contributed by atoms with Crippen molar-refractivity contribution >= 4 is 16.9 Å². The molecule has 0 saturated carbocycles. The van der Waals surface area contributed by atoms with Crippen molar-refractivity contribution in [3.8, 4) is 0 Å². The van der Waals surface area contributed by atoms with Crippen molar-refractivity contribution in [2.24, 2.45) is 0 Å². The Morgan fingerprint density at radius 2 is 2.04 bits per heavy atom. The normalized spacial score (nSPS) is 16.3. The van der Waals surface area contributed by atoms with E-state index in [4.69, 9.17) is 4.74 Å². The predicted molar refractivity (Wildman–Crippen MR) is 99.9 cm³/mol. The Labute approximate surface area is 157 Å². The van der Waals surface area contributed by atoms with E-state index in [1.165, 1.54) is 0 Å². The first kappa shape index (κ1) is 17.6. The maximum absolute atomic E-state index is 13.0. The van der Waals surface area contributed by atoms with Crippen LogP contribution in [0.15, 0.2) is 48.8 Å². The Hall–Kier alpha value is -2.84. The van der Waals surface area contributed by atoms with Crippen molar-refractivity contribution in [2.75, 3.05) is 32.8 Å². The van der Waals surface area contributed by atoms with Crippen LogP contribution in [0.4, 0.5) is 0 Å². The molecule has 140 valence electrons. The zero-order valence-electron chi connectivity index (χ0n) is 15.0. The summed E-state index contributed by atoms with van der Waals surface area (Å²) in [5, 5.41) is 11.3. The van der Waals surface area contributed by atoms with Gasteiger partial charge in [-0.3, -0.25) is 14.7 Å². The maximum atomic E-state index is 13.0. The van der Waals surface area contributed by atoms with Crippen molar-refractivity contribution < 1.29 is 9.53 Å². The van der Waals surface area contributed by atoms with Gasteiger partial charge < -0.3 is 10.1 Å². The minimum atomic E-state index is -0.366. The SMILES string of the molecule is O=C(NCCn1nnc2ccccc21)[C@@H](c1cccnc1)N1CCOCC1. The van der Waals surface area contributed by atoms with Gasteiger partial charge in [0.1, 0.15) is 11.6 Å². The number of aromatic nitrogens is 4. The fourth-order valence-corrected chi connectivity index (χ4v) is 3.37. The van der Waals surface area contributed by atoms with E-state index in [9.17, 15) is 4.79 Å². The van der Waals surface area contributed by atoms with Crippen LogP contribution >= 0.6 is 0 Å². The van der Waals surface area contributed by atoms with Crippen LogP contribution in [0.1, 0.15) is 11.6 Å². The summed E-state index contributed by atoms with van der Waals surface area (Å²) in [6, 6.07) is 11.2. The number of rotatable bonds is 6. The standard InChI is InChI=1S/C19H22N6O2/c26-19(21-8-9-25-17-6-2-1-5-16(17)22-23-25)18(15-4-3-7-20-14-15)24-10-12-27-13-11-24/h1-7,14,18H,8-13H2,(H,21,26)/t18-/m1/s1. The Kier molecular flexibility index (Phi) is 5.36. The monoisotopic (exact) mass is 366 g/mol. The highest BCUT2D eigenvalue weighted by Crippen LogP contribution is 2.21. The lowest BCUT2D eigenvalue weighted by molar-refractivity contribution is -0.128. The van der Waals surface area contributed by atoms with Gasteiger partial charge in [0.25, 0.3) is 0 Å². The van der Waals surface area contributed by atoms with E-state index in [1.807, 2.05) is 41.1 Å². The third-order valence-electron chi connectivity index (χ3n) is 4.70. The van der Waals surface area contributed by atoms with Crippen molar-refractivity contribution in [3.63, 3.8) is 0 Å². The van der Waals surface area contributed by atoms with Gasteiger partial charge in [0.05, 0.1) is 25.3 Å². The van der Waals surface area contributed by atoms with Gasteiger partial charge in [-0.1, -0.05) is 23.4 Å². The molecule has 8 nitrogen and oxygen atoms in total. The van der Waals surface area contributed by atoms with Crippen molar-refractivity contribution in [2.45, 2.75) is 12.6 Å². The van der Waals surface area contributed by atoms with Crippen molar-refractivity contribution in [1.82, 2.24) is 30.2 Å². The van der Waals surface area contributed by atoms with Crippen LogP contribution in [0, 0.1) is 0 Å². The summed E-state index contributed by atoms with van der Waals surface area (Å²) in [5.74, 6) is -0.0330. The Morgan fingerprint density at radius 3 is 2.85 bits per heavy atom. The molecule has 0 unspecified atom stereocenters. The fourth-order valence-electron chi connectivity index (χ4n) is 3.37. The number of hydrogen-bond donors (Lipinski definition) is 1. The molecule has 1 N–H and O–H groups in total. The number of carbonyl (C=O) groups is 1. The lowest BCUT2D eigenvalue weighted by Gasteiger charge is -2.33. The minimum Gasteiger partial charge on any atom is -0.379 e. The Bertz CT molecular complexity index is 891. The molecule has 1 aliphatic rings. The summed E-state index contributed by atoms with van der Waals surface area (Å²) in [4.78, 5) is 19.3. The number of amides is 1. The zero-order valence-corrected chi connectivity index (χ0v) is 15.0. The third-order valence-corrected chi connectivity index (χ3v) is 4.70. The molecular weight excluding hydrogens is 344 g/mol. The molecule has 8 heteroatoms. The van der Waals surface area contributed by atoms with Crippen LogP contribution in [0.5, 0.6) is 0 Å². The van der Waals surface area contributed by atoms with Gasteiger partial charge in [0.2, 0.25) is 5.91 Å². The number of morpholine rings is 1. The zero-order chi connectivity index (χ0) is 18.5. The maximum Gasteiger partial charge on any atom is 0.242 e. The van der Waals surface area contributed by atoms with Crippen LogP contribution in [-0.2, 0) is 16.1 Å². The number of benzene rings is 1. The number of nitrogens with one attached hydrogen (secondary N) is 1. The summed E-state index contributed by atoms with van der Waals surface area (Å²) >= 11 is 0. The summed E-state index contributed by atoms with van der Waals surface area (Å²) in [6.07, 6.45) is 3.47. The molecule has 3 aromatic rings. The molecule has 0 radical (unpaired) electrons. The third kappa shape index (κ3) is 3.96. The van der Waals surface area contributed by atoms with Gasteiger partial charge >= 0.3 is 0 Å². The number of ether oxygens (including phenoxy) is 1. The number of hydrogen-bond acceptors (Lipinski definition) is 6. The molecule has 1 aliphatic heterocycles. The molecule has 0 spiro atoms. The molecule has 0 aliphatic carbocycles. The van der Waals surface area contributed by atoms with Crippen molar-refractivity contribution in [3.05, 3.63) is 54.4 Å². The lowest BCUT2D eigenvalue weighted by atomic mass is 10.1. The topological polar surface area (TPSA) is 85.2 Å². The van der Waals surface area contributed by atoms with E-state index in [2.05, 4.69) is 25.5 Å². The number of para-hydroxylation sites is 1. The molecular formula is C19H22N6O2. The molecule has 1 amide bonds. The largest absolute Gasteiger partial charge is 0.379 e. The minimum absolute atomic E-state index is 0.0330. The molecule has 1 atom stereocenters. The fraction of sp³-hybridized carbons (Fsp3) is 0.368. The molecule has 1 saturated heterocycles. The van der Waals surface area contributed by atoms with E-state index < -0.39 is 0 Å². The first-order chi connectivity index (χ1) is 13.3. The summed E-state index contributed by atoms with van der Waals surface area (Å²) in [6.45, 7) is 3.76. The average molecular weight is 366 g/mol. The van der Waals surface area contributed by atoms with Crippen LogP contribution in [0.2, 0.25) is 0 Å². The van der Waals surface area contributed by atoms with Crippen LogP contribution in [-0.4, -0.2) is 63.6 Å². The van der Waals surface area contributed by atoms with Gasteiger partial charge in [-0.15, -0.1) is 5.10 Å². The molecule has 1 aromatic carbocycles. The molecule has 1 fully saturated rings. The second-order valence-electron chi connectivity index (χ2n) is 6.43. The number of nitrogens with zero attached hydrogens (tertiary/aromatic N) is 5. The second kappa shape index (κ2) is 8.24. The molecule has 4 rings (SSSR count). The Morgan fingerprint density at radius 1 is 1.19 bits per heavy atom. The quantitative estimate of drug-likeness (QED) is 0.701. The van der Waals surface area contributed by atoms with Gasteiger partial charge in [-0.25, -0.2) is 4.68 Å². The highest BCUT2D eigenvalue weighted by Gasteiger charge is 2.29. The number of fused-ring (bicyclic) bond motifs is 1. The van der Waals surface area contributed by atoms with Gasteiger partial charge in [0, 0.05) is 32.0 Å². The van der Waals surface area contributed by atoms with E-state index >= 15 is 0 Å². The predicted octanol–water partition coefficient (Wildman–Crippen LogP) is 1.02. The van der Waals surface area contributed by atoms with Gasteiger partial charge in [-0.05, 0) is 23.8 Å². The molecule has 27 heavy (non-hydrogen) atoms. The number of carbonyl (C=O) groups excluding carboxylic acids is 1. The first-order valence-electron chi connectivity index (χ1n) is 9.10. The van der Waals surface area contributed by atoms with Gasteiger partial charge in [0.15, 0.2) is 0 Å². The lowest BCUT2D eigenvalue weighted by Crippen LogP contribution is -2.46. The first-order valence-corrected chi connectivity index (χ1v) is 9.10. The van der Waals surface area contributed by atoms with Crippen LogP contribution < -0.4 is 5.32 Å². The summed E-state index contributed by atoms with van der Waals surface area (Å²) in [7, 11) is 0. The molecule has 0 bridgehead atoms. The van der Waals surface area contributed by atoms with Gasteiger partial charge in [-0.2, -0.15) is 0 Å². The van der Waals surface area contributed by atoms with E-state index in [0.717, 1.165) is 29.7 Å². The average Bonchev–Trinajstić information content (AvgIpc) is 3.13. The molecule has 3 heterocycles. The highest BCUT2D eigenvalue weighted by molar-refractivity contribution is 5.83. The van der Waals surface area contributed by atoms with Crippen molar-refractivity contribution in [1.29, 1.82) is 0 Å². The second-order valence-corrected chi connectivity index (χ2v) is 6.43. The van der Waals surface area contributed by atoms with Crippen LogP contribution in [0.25, 0.3) is 11.0 Å². The van der Waals surface area contributed by atoms with E-state index in [-0.39, 0.29) is 11.9 Å².